The second-order valence-electron chi connectivity index (χ2n) is 6.46. The topological polar surface area (TPSA) is 42.7 Å². The van der Waals surface area contributed by atoms with E-state index < -0.39 is 0 Å². The Morgan fingerprint density at radius 3 is 2.59 bits per heavy atom. The number of aliphatic imine (C=N–C) groups is 1. The molecule has 0 aromatic rings. The molecule has 1 saturated heterocycles. The fraction of sp³-hybridized carbons (Fsp3) is 0.625. The molecule has 0 aromatic carbocycles. The third-order valence-electron chi connectivity index (χ3n) is 4.03. The lowest BCUT2D eigenvalue weighted by Crippen LogP contribution is -2.46. The monoisotopic (exact) mass is 336 g/mol. The van der Waals surface area contributed by atoms with Crippen LogP contribution in [0, 0.1) is 5.41 Å². The van der Waals surface area contributed by atoms with Crippen LogP contribution in [0.5, 0.6) is 0 Å². The maximum atomic E-state index is 8.06. The van der Waals surface area contributed by atoms with Crippen LogP contribution in [0.1, 0.15) is 27.2 Å². The van der Waals surface area contributed by atoms with Gasteiger partial charge in [0.15, 0.2) is 5.17 Å². The first-order chi connectivity index (χ1) is 10.5. The SMILES string of the molecule is CCC1=C/C(=C\N2CCN(C3=NCC(C)(C)S3)CC2)C(=N)S1. The Labute approximate surface area is 141 Å². The lowest BCUT2D eigenvalue weighted by molar-refractivity contribution is 0.240. The molecule has 3 aliphatic heterocycles. The van der Waals surface area contributed by atoms with E-state index in [1.807, 2.05) is 11.8 Å². The first kappa shape index (κ1) is 16.0. The first-order valence-electron chi connectivity index (χ1n) is 7.88. The van der Waals surface area contributed by atoms with E-state index in [1.165, 1.54) is 10.1 Å². The highest BCUT2D eigenvalue weighted by Gasteiger charge is 2.31. The molecule has 0 radical (unpaired) electrons. The Morgan fingerprint density at radius 1 is 1.32 bits per heavy atom. The van der Waals surface area contributed by atoms with Crippen molar-refractivity contribution in [1.29, 1.82) is 5.41 Å². The summed E-state index contributed by atoms with van der Waals surface area (Å²) >= 11 is 3.51. The van der Waals surface area contributed by atoms with Crippen LogP contribution in [0.3, 0.4) is 0 Å². The summed E-state index contributed by atoms with van der Waals surface area (Å²) in [6.07, 6.45) is 5.35. The maximum Gasteiger partial charge on any atom is 0.159 e. The molecule has 0 saturated carbocycles. The van der Waals surface area contributed by atoms with Crippen LogP contribution in [0.4, 0.5) is 0 Å². The van der Waals surface area contributed by atoms with Gasteiger partial charge in [0.25, 0.3) is 0 Å². The number of allylic oxidation sites excluding steroid dienone is 2. The molecule has 0 aromatic heterocycles. The average Bonchev–Trinajstić information content (AvgIpc) is 3.03. The third kappa shape index (κ3) is 3.54. The molecule has 0 spiro atoms. The molecule has 1 N–H and O–H groups in total. The quantitative estimate of drug-likeness (QED) is 0.839. The van der Waals surface area contributed by atoms with Gasteiger partial charge in [-0.2, -0.15) is 0 Å². The number of amidine groups is 1. The highest BCUT2D eigenvalue weighted by molar-refractivity contribution is 8.18. The van der Waals surface area contributed by atoms with Gasteiger partial charge in [0, 0.05) is 42.7 Å². The Kier molecular flexibility index (Phi) is 4.59. The van der Waals surface area contributed by atoms with E-state index >= 15 is 0 Å². The minimum absolute atomic E-state index is 0.256. The lowest BCUT2D eigenvalue weighted by Gasteiger charge is -2.35. The van der Waals surface area contributed by atoms with E-state index in [0.29, 0.717) is 5.04 Å². The lowest BCUT2D eigenvalue weighted by atomic mass is 10.2. The van der Waals surface area contributed by atoms with Crippen molar-refractivity contribution in [2.24, 2.45) is 4.99 Å². The van der Waals surface area contributed by atoms with Gasteiger partial charge in [-0.3, -0.25) is 10.4 Å². The van der Waals surface area contributed by atoms with Gasteiger partial charge in [-0.05, 0) is 31.2 Å². The fourth-order valence-electron chi connectivity index (χ4n) is 2.70. The standard InChI is InChI=1S/C16H24N4S2/c1-4-13-9-12(14(17)21-13)10-19-5-7-20(8-6-19)15-18-11-16(2,3)22-15/h9-10,17H,4-8,11H2,1-3H3/b12-10+,17-14?. The van der Waals surface area contributed by atoms with E-state index in [4.69, 9.17) is 10.4 Å². The van der Waals surface area contributed by atoms with Crippen LogP contribution < -0.4 is 0 Å². The van der Waals surface area contributed by atoms with E-state index in [-0.39, 0.29) is 4.75 Å². The molecule has 0 amide bonds. The molecule has 3 aliphatic rings. The van der Waals surface area contributed by atoms with Crippen molar-refractivity contribution >= 4 is 33.7 Å². The minimum atomic E-state index is 0.256. The van der Waals surface area contributed by atoms with Gasteiger partial charge in [0.2, 0.25) is 0 Å². The Bertz CT molecular complexity index is 554. The van der Waals surface area contributed by atoms with Crippen molar-refractivity contribution in [2.45, 2.75) is 31.9 Å². The second kappa shape index (κ2) is 6.32. The molecule has 0 bridgehead atoms. The summed E-state index contributed by atoms with van der Waals surface area (Å²) < 4.78 is 0.256. The van der Waals surface area contributed by atoms with E-state index in [1.54, 1.807) is 11.8 Å². The number of piperazine rings is 1. The number of hydrogen-bond acceptors (Lipinski definition) is 6. The predicted molar refractivity (Wildman–Crippen MR) is 98.9 cm³/mol. The number of thioether (sulfide) groups is 2. The van der Waals surface area contributed by atoms with Gasteiger partial charge in [0.1, 0.15) is 5.04 Å². The normalized spacial score (nSPS) is 26.7. The van der Waals surface area contributed by atoms with E-state index in [2.05, 4.69) is 42.8 Å². The average molecular weight is 337 g/mol. The van der Waals surface area contributed by atoms with Gasteiger partial charge < -0.3 is 9.80 Å². The smallest absolute Gasteiger partial charge is 0.159 e. The van der Waals surface area contributed by atoms with Crippen molar-refractivity contribution in [3.05, 3.63) is 22.8 Å². The molecule has 6 heteroatoms. The molecule has 0 aliphatic carbocycles. The Hall–Kier alpha value is -0.880. The molecule has 1 fully saturated rings. The number of nitrogens with one attached hydrogen (secondary N) is 1. The fourth-order valence-corrected chi connectivity index (χ4v) is 4.59. The molecule has 4 nitrogen and oxygen atoms in total. The van der Waals surface area contributed by atoms with Crippen molar-refractivity contribution in [3.63, 3.8) is 0 Å². The highest BCUT2D eigenvalue weighted by atomic mass is 32.2. The van der Waals surface area contributed by atoms with Crippen LogP contribution >= 0.6 is 23.5 Å². The molecule has 3 heterocycles. The molecule has 22 heavy (non-hydrogen) atoms. The Morgan fingerprint density at radius 2 is 2.05 bits per heavy atom. The van der Waals surface area contributed by atoms with Gasteiger partial charge in [-0.1, -0.05) is 30.4 Å². The van der Waals surface area contributed by atoms with Gasteiger partial charge >= 0.3 is 0 Å². The summed E-state index contributed by atoms with van der Waals surface area (Å²) in [7, 11) is 0. The molecule has 120 valence electrons. The zero-order valence-corrected chi connectivity index (χ0v) is 15.2. The first-order valence-corrected chi connectivity index (χ1v) is 9.52. The summed E-state index contributed by atoms with van der Waals surface area (Å²) in [5.74, 6) is 0. The molecular weight excluding hydrogens is 312 g/mol. The van der Waals surface area contributed by atoms with Crippen LogP contribution in [0.2, 0.25) is 0 Å². The van der Waals surface area contributed by atoms with Crippen molar-refractivity contribution in [3.8, 4) is 0 Å². The highest BCUT2D eigenvalue weighted by Crippen LogP contribution is 2.34. The van der Waals surface area contributed by atoms with Crippen LogP contribution in [0.15, 0.2) is 27.7 Å². The molecular formula is C16H24N4S2. The van der Waals surface area contributed by atoms with Crippen molar-refractivity contribution in [1.82, 2.24) is 9.80 Å². The van der Waals surface area contributed by atoms with E-state index in [9.17, 15) is 0 Å². The molecule has 0 unspecified atom stereocenters. The summed E-state index contributed by atoms with van der Waals surface area (Å²) in [5, 5.41) is 9.97. The van der Waals surface area contributed by atoms with Gasteiger partial charge in [0.05, 0.1) is 6.54 Å². The number of rotatable bonds is 2. The number of nitrogens with zero attached hydrogens (tertiary/aromatic N) is 3. The largest absolute Gasteiger partial charge is 0.373 e. The molecule has 0 atom stereocenters. The predicted octanol–water partition coefficient (Wildman–Crippen LogP) is 3.39. The number of hydrogen-bond donors (Lipinski definition) is 1. The van der Waals surface area contributed by atoms with Crippen LogP contribution in [-0.4, -0.2) is 57.5 Å². The van der Waals surface area contributed by atoms with Crippen molar-refractivity contribution in [2.75, 3.05) is 32.7 Å². The van der Waals surface area contributed by atoms with Crippen LogP contribution in [0.25, 0.3) is 0 Å². The summed E-state index contributed by atoms with van der Waals surface area (Å²) in [4.78, 5) is 10.8. The summed E-state index contributed by atoms with van der Waals surface area (Å²) in [5.41, 5.74) is 1.07. The van der Waals surface area contributed by atoms with Gasteiger partial charge in [-0.25, -0.2) is 0 Å². The van der Waals surface area contributed by atoms with Gasteiger partial charge in [-0.15, -0.1) is 0 Å². The zero-order chi connectivity index (χ0) is 15.7. The summed E-state index contributed by atoms with van der Waals surface area (Å²) in [6.45, 7) is 11.7. The zero-order valence-electron chi connectivity index (χ0n) is 13.6. The van der Waals surface area contributed by atoms with Crippen molar-refractivity contribution < 1.29 is 0 Å². The second-order valence-corrected chi connectivity index (χ2v) is 9.27. The van der Waals surface area contributed by atoms with Crippen LogP contribution in [-0.2, 0) is 0 Å². The van der Waals surface area contributed by atoms with E-state index in [0.717, 1.165) is 44.7 Å². The Balaban J connectivity index is 1.57. The molecule has 3 rings (SSSR count). The summed E-state index contributed by atoms with van der Waals surface area (Å²) in [6, 6.07) is 0. The third-order valence-corrected chi connectivity index (χ3v) is 6.39. The minimum Gasteiger partial charge on any atom is -0.373 e. The maximum absolute atomic E-state index is 8.06.